The number of hydrogen-bond donors (Lipinski definition) is 3. The number of nitrogens with zero attached hydrogens (tertiary/aromatic N) is 2. The summed E-state index contributed by atoms with van der Waals surface area (Å²) >= 11 is 0. The molecule has 3 aromatic rings. The van der Waals surface area contributed by atoms with Gasteiger partial charge in [0.1, 0.15) is 5.56 Å². The van der Waals surface area contributed by atoms with Gasteiger partial charge in [0, 0.05) is 43.8 Å². The highest BCUT2D eigenvalue weighted by atomic mass is 16.5. The van der Waals surface area contributed by atoms with Gasteiger partial charge in [-0.3, -0.25) is 14.4 Å². The van der Waals surface area contributed by atoms with Crippen molar-refractivity contribution < 1.29 is 9.53 Å². The fourth-order valence-corrected chi connectivity index (χ4v) is 3.25. The topological polar surface area (TPSA) is 120 Å². The number of ether oxygens (including phenoxy) is 1. The van der Waals surface area contributed by atoms with E-state index in [-0.39, 0.29) is 28.8 Å². The first-order valence-corrected chi connectivity index (χ1v) is 9.59. The van der Waals surface area contributed by atoms with Crippen molar-refractivity contribution in [1.29, 1.82) is 0 Å². The summed E-state index contributed by atoms with van der Waals surface area (Å²) in [5.41, 5.74) is 1.51. The molecular weight excluding hydrogens is 386 g/mol. The SMILES string of the molecule is O=C(NCc1ccc(N2CCOCC2)cc1)c1cc(-c2c[nH]ccc2=O)n[nH]c1=O. The van der Waals surface area contributed by atoms with E-state index in [0.717, 1.165) is 37.6 Å². The second-order valence-corrected chi connectivity index (χ2v) is 6.87. The number of morpholine rings is 1. The lowest BCUT2D eigenvalue weighted by atomic mass is 10.1. The summed E-state index contributed by atoms with van der Waals surface area (Å²) in [6.45, 7) is 3.41. The molecule has 4 rings (SSSR count). The third-order valence-corrected chi connectivity index (χ3v) is 4.91. The van der Waals surface area contributed by atoms with Crippen molar-refractivity contribution in [3.63, 3.8) is 0 Å². The summed E-state index contributed by atoms with van der Waals surface area (Å²) in [5.74, 6) is -0.537. The highest BCUT2D eigenvalue weighted by molar-refractivity contribution is 5.94. The molecule has 154 valence electrons. The van der Waals surface area contributed by atoms with Crippen LogP contribution in [0.1, 0.15) is 15.9 Å². The molecule has 1 fully saturated rings. The number of H-pyrrole nitrogens is 2. The Hall–Kier alpha value is -3.72. The van der Waals surface area contributed by atoms with Crippen molar-refractivity contribution in [3.05, 3.63) is 80.5 Å². The van der Waals surface area contributed by atoms with E-state index in [9.17, 15) is 14.4 Å². The molecule has 0 bridgehead atoms. The second-order valence-electron chi connectivity index (χ2n) is 6.87. The fraction of sp³-hybridized carbons (Fsp3) is 0.238. The Morgan fingerprint density at radius 1 is 1.13 bits per heavy atom. The number of rotatable bonds is 5. The molecule has 3 N–H and O–H groups in total. The van der Waals surface area contributed by atoms with Gasteiger partial charge < -0.3 is 19.9 Å². The predicted octanol–water partition coefficient (Wildman–Crippen LogP) is 0.892. The second kappa shape index (κ2) is 8.75. The third-order valence-electron chi connectivity index (χ3n) is 4.91. The molecule has 1 amide bonds. The van der Waals surface area contributed by atoms with E-state index in [1.165, 1.54) is 24.5 Å². The number of amides is 1. The summed E-state index contributed by atoms with van der Waals surface area (Å²) in [5, 5.41) is 8.90. The average Bonchev–Trinajstić information content (AvgIpc) is 2.79. The van der Waals surface area contributed by atoms with Gasteiger partial charge >= 0.3 is 0 Å². The lowest BCUT2D eigenvalue weighted by Gasteiger charge is -2.28. The number of carbonyl (C=O) groups excluding carboxylic acids is 1. The standard InChI is InChI=1S/C21H21N5O4/c27-19-5-6-22-13-17(19)18-11-16(21(29)25-24-18)20(28)23-12-14-1-3-15(4-2-14)26-7-9-30-10-8-26/h1-6,11,13H,7-10,12H2,(H,22,27)(H,23,28)(H,25,29). The van der Waals surface area contributed by atoms with Crippen LogP contribution >= 0.6 is 0 Å². The molecule has 0 atom stereocenters. The molecule has 30 heavy (non-hydrogen) atoms. The molecule has 9 nitrogen and oxygen atoms in total. The molecule has 9 heteroatoms. The van der Waals surface area contributed by atoms with E-state index in [0.29, 0.717) is 0 Å². The van der Waals surface area contributed by atoms with Gasteiger partial charge in [-0.25, -0.2) is 5.10 Å². The van der Waals surface area contributed by atoms with Crippen LogP contribution in [0, 0.1) is 0 Å². The molecule has 1 aliphatic heterocycles. The molecule has 0 spiro atoms. The van der Waals surface area contributed by atoms with Crippen LogP contribution in [-0.4, -0.2) is 47.4 Å². The zero-order valence-corrected chi connectivity index (χ0v) is 16.2. The summed E-state index contributed by atoms with van der Waals surface area (Å²) in [7, 11) is 0. The highest BCUT2D eigenvalue weighted by Crippen LogP contribution is 2.17. The first kappa shape index (κ1) is 19.6. The Morgan fingerprint density at radius 3 is 2.63 bits per heavy atom. The van der Waals surface area contributed by atoms with Crippen LogP contribution in [0.4, 0.5) is 5.69 Å². The summed E-state index contributed by atoms with van der Waals surface area (Å²) in [4.78, 5) is 41.7. The largest absolute Gasteiger partial charge is 0.378 e. The first-order valence-electron chi connectivity index (χ1n) is 9.59. The smallest absolute Gasteiger partial charge is 0.277 e. The van der Waals surface area contributed by atoms with Crippen molar-refractivity contribution in [2.75, 3.05) is 31.2 Å². The molecular formula is C21H21N5O4. The minimum absolute atomic E-state index is 0.104. The predicted molar refractivity (Wildman–Crippen MR) is 112 cm³/mol. The number of nitrogens with one attached hydrogen (secondary N) is 3. The van der Waals surface area contributed by atoms with Gasteiger partial charge in [-0.2, -0.15) is 5.10 Å². The van der Waals surface area contributed by atoms with E-state index >= 15 is 0 Å². The highest BCUT2D eigenvalue weighted by Gasteiger charge is 2.15. The van der Waals surface area contributed by atoms with Crippen LogP contribution < -0.4 is 21.2 Å². The van der Waals surface area contributed by atoms with Crippen LogP contribution in [0.2, 0.25) is 0 Å². The Labute approximate surface area is 171 Å². The maximum Gasteiger partial charge on any atom is 0.277 e. The van der Waals surface area contributed by atoms with E-state index in [1.54, 1.807) is 0 Å². The molecule has 0 unspecified atom stereocenters. The van der Waals surface area contributed by atoms with Gasteiger partial charge in [-0.1, -0.05) is 12.1 Å². The third kappa shape index (κ3) is 4.31. The maximum absolute atomic E-state index is 12.6. The zero-order chi connectivity index (χ0) is 20.9. The number of pyridine rings is 1. The number of aromatic amines is 2. The number of carbonyl (C=O) groups is 1. The van der Waals surface area contributed by atoms with E-state index in [4.69, 9.17) is 4.74 Å². The van der Waals surface area contributed by atoms with Crippen LogP contribution in [-0.2, 0) is 11.3 Å². The summed E-state index contributed by atoms with van der Waals surface area (Å²) < 4.78 is 5.36. The van der Waals surface area contributed by atoms with Crippen molar-refractivity contribution in [2.24, 2.45) is 0 Å². The number of aromatic nitrogens is 3. The number of hydrogen-bond acceptors (Lipinski definition) is 6. The van der Waals surface area contributed by atoms with Gasteiger partial charge in [0.25, 0.3) is 11.5 Å². The van der Waals surface area contributed by atoms with E-state index in [2.05, 4.69) is 25.4 Å². The number of benzene rings is 1. The van der Waals surface area contributed by atoms with Gasteiger partial charge in [0.05, 0.1) is 24.5 Å². The van der Waals surface area contributed by atoms with Crippen LogP contribution in [0.15, 0.2) is 58.4 Å². The average molecular weight is 407 g/mol. The Balaban J connectivity index is 1.45. The normalized spacial score (nSPS) is 13.8. The van der Waals surface area contributed by atoms with Gasteiger partial charge in [-0.15, -0.1) is 0 Å². The lowest BCUT2D eigenvalue weighted by molar-refractivity contribution is 0.0949. The van der Waals surface area contributed by atoms with Crippen LogP contribution in [0.5, 0.6) is 0 Å². The molecule has 1 saturated heterocycles. The van der Waals surface area contributed by atoms with Crippen LogP contribution in [0.3, 0.4) is 0 Å². The van der Waals surface area contributed by atoms with E-state index in [1.807, 2.05) is 24.3 Å². The molecule has 0 saturated carbocycles. The monoisotopic (exact) mass is 407 g/mol. The van der Waals surface area contributed by atoms with Crippen molar-refractivity contribution in [3.8, 4) is 11.3 Å². The minimum Gasteiger partial charge on any atom is -0.378 e. The van der Waals surface area contributed by atoms with Gasteiger partial charge in [-0.05, 0) is 23.8 Å². The Bertz CT molecular complexity index is 1150. The molecule has 2 aromatic heterocycles. The summed E-state index contributed by atoms with van der Waals surface area (Å²) in [6.07, 6.45) is 2.97. The fourth-order valence-electron chi connectivity index (χ4n) is 3.25. The molecule has 3 heterocycles. The molecule has 1 aromatic carbocycles. The lowest BCUT2D eigenvalue weighted by Crippen LogP contribution is -2.36. The Morgan fingerprint density at radius 2 is 1.90 bits per heavy atom. The van der Waals surface area contributed by atoms with Crippen LogP contribution in [0.25, 0.3) is 11.3 Å². The van der Waals surface area contributed by atoms with Crippen molar-refractivity contribution in [2.45, 2.75) is 6.54 Å². The number of anilines is 1. The minimum atomic E-state index is -0.619. The van der Waals surface area contributed by atoms with Crippen molar-refractivity contribution >= 4 is 11.6 Å². The van der Waals surface area contributed by atoms with Crippen molar-refractivity contribution in [1.82, 2.24) is 20.5 Å². The molecule has 0 aliphatic carbocycles. The Kier molecular flexibility index (Phi) is 5.71. The van der Waals surface area contributed by atoms with E-state index < -0.39 is 11.5 Å². The quantitative estimate of drug-likeness (QED) is 0.578. The molecule has 1 aliphatic rings. The van der Waals surface area contributed by atoms with Gasteiger partial charge in [0.15, 0.2) is 5.43 Å². The van der Waals surface area contributed by atoms with Gasteiger partial charge in [0.2, 0.25) is 0 Å². The summed E-state index contributed by atoms with van der Waals surface area (Å²) in [6, 6.07) is 10.6. The maximum atomic E-state index is 12.6. The zero-order valence-electron chi connectivity index (χ0n) is 16.2. The first-order chi connectivity index (χ1) is 14.6. The molecule has 0 radical (unpaired) electrons.